The standard InChI is InChI=1S/C27H44O2Si/c1-21-12-11-17-26(5,6)24(21)16-15-22-13-10-14-23(20-22)27(7,28)18-19-29-30(8,9)25(2,3)4/h10,13-16,20,28H,11-12,17-19H2,1-9H3. The van der Waals surface area contributed by atoms with E-state index >= 15 is 0 Å². The summed E-state index contributed by atoms with van der Waals surface area (Å²) in [6.45, 7) is 20.7. The molecule has 168 valence electrons. The van der Waals surface area contributed by atoms with Crippen LogP contribution in [0.25, 0.3) is 6.08 Å². The van der Waals surface area contributed by atoms with E-state index in [0.29, 0.717) is 13.0 Å². The SMILES string of the molecule is CC1=C(C=Cc2cccc(C(C)(O)CCO[Si](C)(C)C(C)(C)C)c2)C(C)(C)CCC1. The maximum atomic E-state index is 11.2. The van der Waals surface area contributed by atoms with Crippen LogP contribution in [0.5, 0.6) is 0 Å². The first-order valence-electron chi connectivity index (χ1n) is 11.5. The molecule has 30 heavy (non-hydrogen) atoms. The fourth-order valence-corrected chi connectivity index (χ4v) is 5.08. The van der Waals surface area contributed by atoms with Gasteiger partial charge in [-0.25, -0.2) is 0 Å². The molecule has 0 fully saturated rings. The zero-order chi connectivity index (χ0) is 22.8. The monoisotopic (exact) mass is 428 g/mol. The summed E-state index contributed by atoms with van der Waals surface area (Å²) < 4.78 is 6.30. The van der Waals surface area contributed by atoms with Gasteiger partial charge >= 0.3 is 0 Å². The molecule has 0 heterocycles. The van der Waals surface area contributed by atoms with Crippen LogP contribution in [0.4, 0.5) is 0 Å². The Labute approximate surface area is 186 Å². The summed E-state index contributed by atoms with van der Waals surface area (Å²) in [5.41, 5.74) is 4.41. The second kappa shape index (κ2) is 9.14. The quantitative estimate of drug-likeness (QED) is 0.448. The van der Waals surface area contributed by atoms with Gasteiger partial charge in [-0.2, -0.15) is 0 Å². The van der Waals surface area contributed by atoms with Gasteiger partial charge in [0, 0.05) is 13.0 Å². The average Bonchev–Trinajstić information content (AvgIpc) is 2.59. The molecule has 0 amide bonds. The lowest BCUT2D eigenvalue weighted by Crippen LogP contribution is -2.41. The average molecular weight is 429 g/mol. The lowest BCUT2D eigenvalue weighted by Gasteiger charge is -2.37. The van der Waals surface area contributed by atoms with Crippen molar-refractivity contribution < 1.29 is 9.53 Å². The minimum absolute atomic E-state index is 0.184. The van der Waals surface area contributed by atoms with Crippen LogP contribution in [-0.2, 0) is 10.0 Å². The fourth-order valence-electron chi connectivity index (χ4n) is 4.03. The van der Waals surface area contributed by atoms with Crippen molar-refractivity contribution in [1.82, 2.24) is 0 Å². The Balaban J connectivity index is 2.12. The number of hydrogen-bond acceptors (Lipinski definition) is 2. The molecule has 1 atom stereocenters. The van der Waals surface area contributed by atoms with Crippen LogP contribution in [0.15, 0.2) is 41.5 Å². The molecule has 0 bridgehead atoms. The first-order chi connectivity index (χ1) is 13.7. The highest BCUT2D eigenvalue weighted by Gasteiger charge is 2.37. The first kappa shape index (κ1) is 25.1. The van der Waals surface area contributed by atoms with Gasteiger partial charge in [-0.05, 0) is 79.4 Å². The molecule has 0 saturated heterocycles. The van der Waals surface area contributed by atoms with Crippen LogP contribution in [0.1, 0.15) is 85.3 Å². The van der Waals surface area contributed by atoms with Crippen LogP contribution in [0.3, 0.4) is 0 Å². The van der Waals surface area contributed by atoms with Crippen molar-refractivity contribution in [3.63, 3.8) is 0 Å². The highest BCUT2D eigenvalue weighted by atomic mass is 28.4. The van der Waals surface area contributed by atoms with Crippen LogP contribution in [-0.4, -0.2) is 20.0 Å². The van der Waals surface area contributed by atoms with E-state index in [1.807, 2.05) is 19.1 Å². The number of allylic oxidation sites excluding steroid dienone is 3. The Hall–Kier alpha value is -1.16. The van der Waals surface area contributed by atoms with E-state index in [2.05, 4.69) is 78.9 Å². The molecule has 0 aliphatic heterocycles. The molecule has 1 unspecified atom stereocenters. The van der Waals surface area contributed by atoms with Crippen molar-refractivity contribution in [2.75, 3.05) is 6.61 Å². The van der Waals surface area contributed by atoms with Gasteiger partial charge in [0.15, 0.2) is 8.32 Å². The first-order valence-corrected chi connectivity index (χ1v) is 14.4. The lowest BCUT2D eigenvalue weighted by molar-refractivity contribution is 0.0316. The minimum atomic E-state index is -1.80. The molecule has 0 radical (unpaired) electrons. The Morgan fingerprint density at radius 2 is 1.80 bits per heavy atom. The Morgan fingerprint density at radius 3 is 2.40 bits per heavy atom. The van der Waals surface area contributed by atoms with E-state index in [1.165, 1.54) is 30.4 Å². The largest absolute Gasteiger partial charge is 0.417 e. The third-order valence-electron chi connectivity index (χ3n) is 7.35. The van der Waals surface area contributed by atoms with Gasteiger partial charge in [-0.1, -0.05) is 70.5 Å². The zero-order valence-corrected chi connectivity index (χ0v) is 21.9. The molecular weight excluding hydrogens is 384 g/mol. The fraction of sp³-hybridized carbons (Fsp3) is 0.630. The highest BCUT2D eigenvalue weighted by molar-refractivity contribution is 6.74. The summed E-state index contributed by atoms with van der Waals surface area (Å²) >= 11 is 0. The van der Waals surface area contributed by atoms with Gasteiger partial charge < -0.3 is 9.53 Å². The Bertz CT molecular complexity index is 791. The second-order valence-electron chi connectivity index (χ2n) is 11.5. The molecule has 0 aromatic heterocycles. The van der Waals surface area contributed by atoms with Crippen LogP contribution < -0.4 is 0 Å². The number of rotatable bonds is 7. The summed E-state index contributed by atoms with van der Waals surface area (Å²) in [5.74, 6) is 0. The van der Waals surface area contributed by atoms with Crippen molar-refractivity contribution in [2.24, 2.45) is 5.41 Å². The normalized spacial score (nSPS) is 19.9. The molecule has 0 spiro atoms. The maximum Gasteiger partial charge on any atom is 0.191 e. The Kier molecular flexibility index (Phi) is 7.65. The van der Waals surface area contributed by atoms with Crippen LogP contribution >= 0.6 is 0 Å². The van der Waals surface area contributed by atoms with Crippen molar-refractivity contribution in [2.45, 2.75) is 97.9 Å². The Morgan fingerprint density at radius 1 is 1.13 bits per heavy atom. The van der Waals surface area contributed by atoms with Gasteiger partial charge in [-0.3, -0.25) is 0 Å². The second-order valence-corrected chi connectivity index (χ2v) is 16.3. The molecule has 1 N–H and O–H groups in total. The minimum Gasteiger partial charge on any atom is -0.417 e. The van der Waals surface area contributed by atoms with Crippen molar-refractivity contribution in [3.05, 3.63) is 52.6 Å². The van der Waals surface area contributed by atoms with Gasteiger partial charge in [0.05, 0.1) is 5.60 Å². The van der Waals surface area contributed by atoms with E-state index < -0.39 is 13.9 Å². The summed E-state index contributed by atoms with van der Waals surface area (Å²) in [5, 5.41) is 11.3. The summed E-state index contributed by atoms with van der Waals surface area (Å²) in [7, 11) is -1.80. The highest BCUT2D eigenvalue weighted by Crippen LogP contribution is 2.41. The summed E-state index contributed by atoms with van der Waals surface area (Å²) in [6.07, 6.45) is 8.83. The third kappa shape index (κ3) is 6.18. The van der Waals surface area contributed by atoms with Gasteiger partial charge in [0.1, 0.15) is 0 Å². The van der Waals surface area contributed by atoms with Crippen LogP contribution in [0.2, 0.25) is 18.1 Å². The van der Waals surface area contributed by atoms with E-state index in [9.17, 15) is 5.11 Å². The molecule has 3 heteroatoms. The number of benzene rings is 1. The van der Waals surface area contributed by atoms with Crippen molar-refractivity contribution >= 4 is 14.4 Å². The van der Waals surface area contributed by atoms with Crippen molar-refractivity contribution in [3.8, 4) is 0 Å². The topological polar surface area (TPSA) is 29.5 Å². The molecule has 0 saturated carbocycles. The predicted molar refractivity (Wildman–Crippen MR) is 133 cm³/mol. The number of hydrogen-bond donors (Lipinski definition) is 1. The third-order valence-corrected chi connectivity index (χ3v) is 11.9. The molecule has 2 rings (SSSR count). The van der Waals surface area contributed by atoms with Gasteiger partial charge in [0.2, 0.25) is 0 Å². The predicted octanol–water partition coefficient (Wildman–Crippen LogP) is 7.85. The van der Waals surface area contributed by atoms with Gasteiger partial charge in [0.25, 0.3) is 0 Å². The van der Waals surface area contributed by atoms with Crippen molar-refractivity contribution in [1.29, 1.82) is 0 Å². The summed E-state index contributed by atoms with van der Waals surface area (Å²) in [4.78, 5) is 0. The number of aliphatic hydroxyl groups is 1. The maximum absolute atomic E-state index is 11.2. The molecule has 1 aromatic carbocycles. The molecule has 1 aliphatic rings. The van der Waals surface area contributed by atoms with E-state index in [-0.39, 0.29) is 10.5 Å². The lowest BCUT2D eigenvalue weighted by atomic mass is 9.72. The molecule has 1 aliphatic carbocycles. The summed E-state index contributed by atoms with van der Waals surface area (Å²) in [6, 6.07) is 8.31. The van der Waals surface area contributed by atoms with Crippen LogP contribution in [0, 0.1) is 5.41 Å². The smallest absolute Gasteiger partial charge is 0.191 e. The molecular formula is C27H44O2Si. The van der Waals surface area contributed by atoms with E-state index in [4.69, 9.17) is 4.43 Å². The molecule has 1 aromatic rings. The molecule has 2 nitrogen and oxygen atoms in total. The van der Waals surface area contributed by atoms with Gasteiger partial charge in [-0.15, -0.1) is 0 Å². The van der Waals surface area contributed by atoms with E-state index in [0.717, 1.165) is 11.1 Å². The van der Waals surface area contributed by atoms with E-state index in [1.54, 1.807) is 0 Å². The zero-order valence-electron chi connectivity index (χ0n) is 20.9.